The van der Waals surface area contributed by atoms with Crippen molar-refractivity contribution in [3.63, 3.8) is 0 Å². The molecule has 0 aliphatic rings. The molecule has 536 valence electrons. The Morgan fingerprint density at radius 1 is 0.152 bits per heavy atom. The van der Waals surface area contributed by atoms with Gasteiger partial charge in [-0.2, -0.15) is 0 Å². The lowest BCUT2D eigenvalue weighted by Crippen LogP contribution is -1.95. The molecule has 0 aliphatic carbocycles. The molecule has 0 fully saturated rings. The lowest BCUT2D eigenvalue weighted by molar-refractivity contribution is 0.827. The molecule has 2 aromatic heterocycles. The highest BCUT2D eigenvalue weighted by Gasteiger charge is 2.23. The van der Waals surface area contributed by atoms with Gasteiger partial charge in [-0.25, -0.2) is 0 Å². The minimum absolute atomic E-state index is 0.953. The summed E-state index contributed by atoms with van der Waals surface area (Å²) in [5.41, 5.74) is 38.0. The average Bonchev–Trinajstić information content (AvgIpc) is 1.48. The van der Waals surface area contributed by atoms with Gasteiger partial charge < -0.3 is 9.13 Å². The van der Waals surface area contributed by atoms with Gasteiger partial charge in [0.2, 0.25) is 0 Å². The zero-order valence-corrected chi connectivity index (χ0v) is 64.8. The minimum atomic E-state index is 0.953. The van der Waals surface area contributed by atoms with Crippen LogP contribution in [-0.2, 0) is 13.1 Å². The van der Waals surface area contributed by atoms with Gasteiger partial charge in [0.15, 0.2) is 0 Å². The summed E-state index contributed by atoms with van der Waals surface area (Å²) in [5.74, 6) is 0. The second-order valence-corrected chi connectivity index (χ2v) is 30.7. The van der Waals surface area contributed by atoms with E-state index in [1.165, 1.54) is 231 Å². The lowest BCUT2D eigenvalue weighted by atomic mass is 9.83. The van der Waals surface area contributed by atoms with E-state index in [0.29, 0.717) is 0 Å². The largest absolute Gasteiger partial charge is 0.341 e. The van der Waals surface area contributed by atoms with Gasteiger partial charge in [0, 0.05) is 56.7 Å². The van der Waals surface area contributed by atoms with E-state index >= 15 is 0 Å². The van der Waals surface area contributed by atoms with E-state index in [0.717, 1.165) is 13.1 Å². The number of benzene rings is 18. The summed E-state index contributed by atoms with van der Waals surface area (Å²) >= 11 is 0. The molecule has 0 amide bonds. The SMILES string of the molecule is CCn1c2ccccc2c2cc(-c3ccc(-c4ccc(-c5c6cc(C)c(C)cc6c(-c6ccccc6)c6cc(C)c(C)cc56)cc4)cc3)ccc21.CCn1c2ccccc2c2cc(-c3ccc(-c4ccc(-c5c6ccccc6c(-c6ccc(-c7ccc(-c8ccccc8)cc7)cc6)c6cc(C)c(C)cc56)cc4)cc3)ccc21. The van der Waals surface area contributed by atoms with Crippen molar-refractivity contribution >= 4 is 86.7 Å². The van der Waals surface area contributed by atoms with E-state index in [1.54, 1.807) is 0 Å². The molecule has 0 atom stereocenters. The maximum absolute atomic E-state index is 2.41. The van der Waals surface area contributed by atoms with E-state index < -0.39 is 0 Å². The van der Waals surface area contributed by atoms with E-state index in [4.69, 9.17) is 0 Å². The molecule has 0 aliphatic heterocycles. The number of rotatable bonds is 12. The van der Waals surface area contributed by atoms with Gasteiger partial charge in [0.05, 0.1) is 0 Å². The van der Waals surface area contributed by atoms with Crippen LogP contribution in [-0.4, -0.2) is 9.13 Å². The van der Waals surface area contributed by atoms with Crippen molar-refractivity contribution in [1.82, 2.24) is 9.13 Å². The molecule has 0 saturated heterocycles. The Labute approximate surface area is 656 Å². The fourth-order valence-electron chi connectivity index (χ4n) is 17.9. The number of para-hydroxylation sites is 2. The average molecular weight is 1440 g/mol. The molecule has 20 aromatic rings. The van der Waals surface area contributed by atoms with Gasteiger partial charge in [-0.1, -0.05) is 315 Å². The van der Waals surface area contributed by atoms with Crippen LogP contribution in [0.5, 0.6) is 0 Å². The van der Waals surface area contributed by atoms with Crippen molar-refractivity contribution in [3.05, 3.63) is 385 Å². The van der Waals surface area contributed by atoms with Crippen LogP contribution >= 0.6 is 0 Å². The number of aromatic nitrogens is 2. The van der Waals surface area contributed by atoms with Crippen molar-refractivity contribution in [2.24, 2.45) is 0 Å². The molecule has 0 saturated carbocycles. The molecule has 0 unspecified atom stereocenters. The predicted molar refractivity (Wildman–Crippen MR) is 483 cm³/mol. The fourth-order valence-corrected chi connectivity index (χ4v) is 17.9. The summed E-state index contributed by atoms with van der Waals surface area (Å²) in [6, 6.07) is 131. The molecule has 2 heterocycles. The molecule has 20 rings (SSSR count). The molecule has 112 heavy (non-hydrogen) atoms. The lowest BCUT2D eigenvalue weighted by Gasteiger charge is -2.20. The molecule has 0 radical (unpaired) electrons. The summed E-state index contributed by atoms with van der Waals surface area (Å²) in [6.07, 6.45) is 0. The Balaban J connectivity index is 0.000000153. The Hall–Kier alpha value is -13.4. The van der Waals surface area contributed by atoms with Crippen LogP contribution in [0.15, 0.2) is 352 Å². The summed E-state index contributed by atoms with van der Waals surface area (Å²) in [7, 11) is 0. The van der Waals surface area contributed by atoms with Crippen molar-refractivity contribution < 1.29 is 0 Å². The molecular weight excluding hydrogens is 1350 g/mol. The zero-order chi connectivity index (χ0) is 75.8. The molecule has 2 heteroatoms. The highest BCUT2D eigenvalue weighted by atomic mass is 15.0. The van der Waals surface area contributed by atoms with E-state index in [9.17, 15) is 0 Å². The zero-order valence-electron chi connectivity index (χ0n) is 64.8. The number of fused-ring (bicyclic) bond motifs is 10. The van der Waals surface area contributed by atoms with Crippen LogP contribution in [0.2, 0.25) is 0 Å². The molecule has 18 aromatic carbocycles. The summed E-state index contributed by atoms with van der Waals surface area (Å²) in [4.78, 5) is 0. The Bertz CT molecular complexity index is 6970. The first-order chi connectivity index (χ1) is 54.9. The standard InChI is InChI=1S/C60H45N.C50H41N/c1-4-61-57-17-11-10-14-51(57)54-38-50(34-35-58(54)61)47-24-22-44(23-25-47)46-28-32-49(33-29-46)60-53-16-9-8-15-52(53)59(55-36-39(2)40(3)37-56(55)60)48-30-26-45(27-31-48)43-20-18-42(19-21-43)41-12-6-5-7-13-41;1-6-51-47-15-11-10-14-41(47)42-30-40(24-25-48(42)51)37-18-16-35(17-19-37)36-20-22-39(23-21-36)50-45-28-33(4)31(2)26-43(45)49(38-12-8-7-9-13-38)44-27-32(3)34(5)29-46(44)50/h5-38H,4H2,1-3H3;7-30H,6H2,1-5H3. The number of hydrogen-bond donors (Lipinski definition) is 0. The van der Waals surface area contributed by atoms with Crippen LogP contribution in [0.4, 0.5) is 0 Å². The van der Waals surface area contributed by atoms with Gasteiger partial charge in [-0.3, -0.25) is 0 Å². The van der Waals surface area contributed by atoms with E-state index in [1.807, 2.05) is 0 Å². The third kappa shape index (κ3) is 12.1. The maximum Gasteiger partial charge on any atom is 0.0491 e. The van der Waals surface area contributed by atoms with Crippen molar-refractivity contribution in [3.8, 4) is 111 Å². The first-order valence-electron chi connectivity index (χ1n) is 39.6. The first kappa shape index (κ1) is 69.1. The van der Waals surface area contributed by atoms with E-state index in [2.05, 4.69) is 416 Å². The van der Waals surface area contributed by atoms with Gasteiger partial charge in [0.25, 0.3) is 0 Å². The Morgan fingerprint density at radius 3 is 0.616 bits per heavy atom. The first-order valence-corrected chi connectivity index (χ1v) is 39.6. The predicted octanol–water partition coefficient (Wildman–Crippen LogP) is 30.8. The van der Waals surface area contributed by atoms with Gasteiger partial charge in [0.1, 0.15) is 0 Å². The van der Waals surface area contributed by atoms with Gasteiger partial charge in [-0.05, 0) is 280 Å². The number of nitrogens with zero attached hydrogens (tertiary/aromatic N) is 2. The normalized spacial score (nSPS) is 11.6. The van der Waals surface area contributed by atoms with Gasteiger partial charge >= 0.3 is 0 Å². The van der Waals surface area contributed by atoms with Crippen LogP contribution in [0, 0.1) is 41.5 Å². The quantitative estimate of drug-likeness (QED) is 0.108. The second kappa shape index (κ2) is 28.6. The van der Waals surface area contributed by atoms with Crippen molar-refractivity contribution in [2.75, 3.05) is 0 Å². The smallest absolute Gasteiger partial charge is 0.0491 e. The van der Waals surface area contributed by atoms with E-state index in [-0.39, 0.29) is 0 Å². The third-order valence-corrected chi connectivity index (χ3v) is 24.2. The van der Waals surface area contributed by atoms with Crippen LogP contribution in [0.1, 0.15) is 47.2 Å². The van der Waals surface area contributed by atoms with Crippen molar-refractivity contribution in [1.29, 1.82) is 0 Å². The summed E-state index contributed by atoms with van der Waals surface area (Å²) in [5, 5.41) is 15.6. The second-order valence-electron chi connectivity index (χ2n) is 30.7. The van der Waals surface area contributed by atoms with Crippen molar-refractivity contribution in [2.45, 2.75) is 68.5 Å². The Kier molecular flexibility index (Phi) is 17.6. The highest BCUT2D eigenvalue weighted by molar-refractivity contribution is 6.24. The van der Waals surface area contributed by atoms with Crippen LogP contribution in [0.25, 0.3) is 198 Å². The summed E-state index contributed by atoms with van der Waals surface area (Å²) in [6.45, 7) is 19.8. The highest BCUT2D eigenvalue weighted by Crippen LogP contribution is 2.49. The topological polar surface area (TPSA) is 9.86 Å². The molecule has 0 spiro atoms. The van der Waals surface area contributed by atoms with Gasteiger partial charge in [-0.15, -0.1) is 0 Å². The number of hydrogen-bond acceptors (Lipinski definition) is 0. The molecule has 0 N–H and O–H groups in total. The molecular formula is C110H86N2. The third-order valence-electron chi connectivity index (χ3n) is 24.2. The monoisotopic (exact) mass is 1430 g/mol. The Morgan fingerprint density at radius 2 is 0.339 bits per heavy atom. The molecule has 0 bridgehead atoms. The minimum Gasteiger partial charge on any atom is -0.341 e. The number of aryl methyl sites for hydroxylation is 8. The van der Waals surface area contributed by atoms with Crippen LogP contribution < -0.4 is 0 Å². The van der Waals surface area contributed by atoms with Crippen LogP contribution in [0.3, 0.4) is 0 Å². The maximum atomic E-state index is 2.41. The fraction of sp³-hybridized carbons (Fsp3) is 0.0909. The summed E-state index contributed by atoms with van der Waals surface area (Å²) < 4.78 is 4.82. The molecule has 2 nitrogen and oxygen atoms in total.